The lowest BCUT2D eigenvalue weighted by molar-refractivity contribution is 0.0601. The Kier molecular flexibility index (Phi) is 5.12. The Morgan fingerprint density at radius 1 is 1.18 bits per heavy atom. The van der Waals surface area contributed by atoms with Crippen LogP contribution in [0.2, 0.25) is 5.02 Å². The molecule has 1 N–H and O–H groups in total. The molecule has 0 aliphatic carbocycles. The topological polar surface area (TPSA) is 67.3 Å². The number of fused-ring (bicyclic) bond motifs is 1. The normalized spacial score (nSPS) is 13.0. The minimum Gasteiger partial charge on any atom is -0.465 e. The van der Waals surface area contributed by atoms with Gasteiger partial charge < -0.3 is 15.0 Å². The van der Waals surface area contributed by atoms with Crippen LogP contribution in [-0.4, -0.2) is 29.6 Å². The van der Waals surface area contributed by atoms with Crippen molar-refractivity contribution >= 4 is 35.0 Å². The van der Waals surface area contributed by atoms with Gasteiger partial charge in [0.2, 0.25) is 5.95 Å². The molecule has 2 aromatic carbocycles. The Labute approximate surface area is 168 Å². The number of carbonyl (C=O) groups excluding carboxylic acids is 1. The predicted molar refractivity (Wildman–Crippen MR) is 109 cm³/mol. The van der Waals surface area contributed by atoms with E-state index >= 15 is 0 Å². The summed E-state index contributed by atoms with van der Waals surface area (Å²) < 4.78 is 4.77. The van der Waals surface area contributed by atoms with Gasteiger partial charge in [-0.1, -0.05) is 35.9 Å². The average molecular weight is 395 g/mol. The number of nitrogens with one attached hydrogen (secondary N) is 1. The van der Waals surface area contributed by atoms with Crippen molar-refractivity contribution in [1.82, 2.24) is 9.97 Å². The van der Waals surface area contributed by atoms with E-state index in [-0.39, 0.29) is 0 Å². The molecule has 0 amide bonds. The molecule has 0 saturated heterocycles. The summed E-state index contributed by atoms with van der Waals surface area (Å²) in [5.74, 6) is 0.836. The van der Waals surface area contributed by atoms with Crippen LogP contribution in [0.3, 0.4) is 0 Å². The van der Waals surface area contributed by atoms with Crippen molar-refractivity contribution in [1.29, 1.82) is 0 Å². The lowest BCUT2D eigenvalue weighted by Gasteiger charge is -2.29. The van der Waals surface area contributed by atoms with E-state index in [0.29, 0.717) is 28.0 Å². The molecule has 1 aromatic heterocycles. The van der Waals surface area contributed by atoms with Gasteiger partial charge in [-0.15, -0.1) is 0 Å². The number of nitrogens with zero attached hydrogens (tertiary/aromatic N) is 3. The number of hydrogen-bond donors (Lipinski definition) is 1. The number of rotatable bonds is 4. The van der Waals surface area contributed by atoms with E-state index in [9.17, 15) is 4.79 Å². The molecule has 0 radical (unpaired) electrons. The second kappa shape index (κ2) is 7.86. The van der Waals surface area contributed by atoms with Gasteiger partial charge in [-0.25, -0.2) is 9.78 Å². The van der Waals surface area contributed by atoms with Gasteiger partial charge in [0, 0.05) is 19.3 Å². The van der Waals surface area contributed by atoms with Crippen molar-refractivity contribution in [3.63, 3.8) is 0 Å². The third kappa shape index (κ3) is 3.77. The number of carbonyl (C=O) groups is 1. The molecule has 4 rings (SSSR count). The third-order valence-corrected chi connectivity index (χ3v) is 5.04. The lowest BCUT2D eigenvalue weighted by atomic mass is 10.0. The van der Waals surface area contributed by atoms with E-state index in [1.807, 2.05) is 0 Å². The maximum Gasteiger partial charge on any atom is 0.337 e. The van der Waals surface area contributed by atoms with Crippen LogP contribution in [0.5, 0.6) is 0 Å². The quantitative estimate of drug-likeness (QED) is 0.668. The summed E-state index contributed by atoms with van der Waals surface area (Å²) in [6.07, 6.45) is 2.67. The van der Waals surface area contributed by atoms with E-state index in [4.69, 9.17) is 16.3 Å². The fourth-order valence-electron chi connectivity index (χ4n) is 3.24. The van der Waals surface area contributed by atoms with Crippen LogP contribution < -0.4 is 10.2 Å². The smallest absolute Gasteiger partial charge is 0.337 e. The van der Waals surface area contributed by atoms with Gasteiger partial charge in [-0.05, 0) is 41.8 Å². The highest BCUT2D eigenvalue weighted by molar-refractivity contribution is 6.33. The first-order chi connectivity index (χ1) is 13.6. The van der Waals surface area contributed by atoms with E-state index in [1.54, 1.807) is 30.5 Å². The molecule has 6 nitrogen and oxygen atoms in total. The van der Waals surface area contributed by atoms with Gasteiger partial charge in [0.05, 0.1) is 23.4 Å². The van der Waals surface area contributed by atoms with Crippen LogP contribution in [0.25, 0.3) is 0 Å². The average Bonchev–Trinajstić information content (AvgIpc) is 2.74. The number of halogens is 1. The first kappa shape index (κ1) is 18.3. The molecule has 1 aliphatic heterocycles. The fourth-order valence-corrected chi connectivity index (χ4v) is 3.41. The highest BCUT2D eigenvalue weighted by atomic mass is 35.5. The minimum atomic E-state index is -0.421. The SMILES string of the molecule is COC(=O)c1ccc(Cl)c(Nc2ccnc(N3CCc4ccccc4C3)n2)c1. The number of esters is 1. The van der Waals surface area contributed by atoms with Crippen LogP contribution >= 0.6 is 11.6 Å². The summed E-state index contributed by atoms with van der Waals surface area (Å²) >= 11 is 6.27. The molecule has 28 heavy (non-hydrogen) atoms. The van der Waals surface area contributed by atoms with Crippen LogP contribution in [0, 0.1) is 0 Å². The summed E-state index contributed by atoms with van der Waals surface area (Å²) in [7, 11) is 1.34. The number of anilines is 3. The number of benzene rings is 2. The molecule has 0 atom stereocenters. The molecule has 0 saturated carbocycles. The summed E-state index contributed by atoms with van der Waals surface area (Å²) in [6.45, 7) is 1.64. The molecule has 0 unspecified atom stereocenters. The van der Waals surface area contributed by atoms with Crippen molar-refractivity contribution in [2.24, 2.45) is 0 Å². The summed E-state index contributed by atoms with van der Waals surface area (Å²) in [6, 6.07) is 15.1. The largest absolute Gasteiger partial charge is 0.465 e. The molecule has 0 fully saturated rings. The fraction of sp³-hybridized carbons (Fsp3) is 0.190. The van der Waals surface area contributed by atoms with Crippen molar-refractivity contribution in [2.45, 2.75) is 13.0 Å². The zero-order valence-electron chi connectivity index (χ0n) is 15.4. The highest BCUT2D eigenvalue weighted by Crippen LogP contribution is 2.27. The first-order valence-electron chi connectivity index (χ1n) is 8.94. The van der Waals surface area contributed by atoms with Crippen molar-refractivity contribution < 1.29 is 9.53 Å². The molecular weight excluding hydrogens is 376 g/mol. The van der Waals surface area contributed by atoms with Gasteiger partial charge >= 0.3 is 5.97 Å². The first-order valence-corrected chi connectivity index (χ1v) is 9.31. The second-order valence-corrected chi connectivity index (χ2v) is 6.90. The Balaban J connectivity index is 1.56. The van der Waals surface area contributed by atoms with Crippen LogP contribution in [0.1, 0.15) is 21.5 Å². The van der Waals surface area contributed by atoms with Crippen LogP contribution in [-0.2, 0) is 17.7 Å². The van der Waals surface area contributed by atoms with Crippen molar-refractivity contribution in [3.8, 4) is 0 Å². The zero-order valence-corrected chi connectivity index (χ0v) is 16.1. The molecular formula is C21H19ClN4O2. The summed E-state index contributed by atoms with van der Waals surface area (Å²) in [5, 5.41) is 3.66. The van der Waals surface area contributed by atoms with Gasteiger partial charge in [0.25, 0.3) is 0 Å². The second-order valence-electron chi connectivity index (χ2n) is 6.49. The van der Waals surface area contributed by atoms with Gasteiger partial charge in [0.1, 0.15) is 5.82 Å². The maximum absolute atomic E-state index is 11.8. The molecule has 0 bridgehead atoms. The third-order valence-electron chi connectivity index (χ3n) is 4.71. The number of hydrogen-bond acceptors (Lipinski definition) is 6. The van der Waals surface area contributed by atoms with E-state index < -0.39 is 5.97 Å². The Morgan fingerprint density at radius 2 is 2.00 bits per heavy atom. The summed E-state index contributed by atoms with van der Waals surface area (Å²) in [5.41, 5.74) is 3.67. The van der Waals surface area contributed by atoms with Gasteiger partial charge in [-0.2, -0.15) is 4.98 Å². The van der Waals surface area contributed by atoms with E-state index in [1.165, 1.54) is 18.2 Å². The van der Waals surface area contributed by atoms with Crippen molar-refractivity contribution in [2.75, 3.05) is 23.9 Å². The number of aromatic nitrogens is 2. The molecule has 1 aliphatic rings. The molecule has 3 aromatic rings. The molecule has 7 heteroatoms. The minimum absolute atomic E-state index is 0.413. The zero-order chi connectivity index (χ0) is 19.5. The van der Waals surface area contributed by atoms with Crippen molar-refractivity contribution in [3.05, 3.63) is 76.4 Å². The highest BCUT2D eigenvalue weighted by Gasteiger charge is 2.18. The van der Waals surface area contributed by atoms with Gasteiger partial charge in [-0.3, -0.25) is 0 Å². The van der Waals surface area contributed by atoms with Crippen LogP contribution in [0.4, 0.5) is 17.5 Å². The standard InChI is InChI=1S/C21H19ClN4O2/c1-28-20(27)15-6-7-17(22)18(12-15)24-19-8-10-23-21(25-19)26-11-9-14-4-2-3-5-16(14)13-26/h2-8,10,12H,9,11,13H2,1H3,(H,23,24,25). The number of ether oxygens (including phenoxy) is 1. The molecule has 142 valence electrons. The molecule has 2 heterocycles. The van der Waals surface area contributed by atoms with Crippen LogP contribution in [0.15, 0.2) is 54.7 Å². The Bertz CT molecular complexity index is 1020. The maximum atomic E-state index is 11.8. The summed E-state index contributed by atoms with van der Waals surface area (Å²) in [4.78, 5) is 23.0. The lowest BCUT2D eigenvalue weighted by Crippen LogP contribution is -2.31. The molecule has 0 spiro atoms. The number of methoxy groups -OCH3 is 1. The Morgan fingerprint density at radius 3 is 2.82 bits per heavy atom. The van der Waals surface area contributed by atoms with E-state index in [2.05, 4.69) is 44.5 Å². The van der Waals surface area contributed by atoms with E-state index in [0.717, 1.165) is 19.5 Å². The van der Waals surface area contributed by atoms with Gasteiger partial charge in [0.15, 0.2) is 0 Å². The monoisotopic (exact) mass is 394 g/mol. The Hall–Kier alpha value is -3.12. The predicted octanol–water partition coefficient (Wildman–Crippen LogP) is 4.22.